The number of anilines is 1. The first kappa shape index (κ1) is 17.0. The van der Waals surface area contributed by atoms with Crippen LogP contribution in [0.3, 0.4) is 0 Å². The van der Waals surface area contributed by atoms with E-state index in [0.717, 1.165) is 4.47 Å². The van der Waals surface area contributed by atoms with Crippen molar-refractivity contribution in [1.82, 2.24) is 14.8 Å². The summed E-state index contributed by atoms with van der Waals surface area (Å²) in [5.74, 6) is 0.603. The summed E-state index contributed by atoms with van der Waals surface area (Å²) < 4.78 is 2.38. The van der Waals surface area contributed by atoms with E-state index in [1.54, 1.807) is 36.4 Å². The van der Waals surface area contributed by atoms with E-state index in [9.17, 15) is 4.79 Å². The van der Waals surface area contributed by atoms with Crippen molar-refractivity contribution in [3.05, 3.63) is 68.4 Å². The van der Waals surface area contributed by atoms with Gasteiger partial charge in [-0.2, -0.15) is 9.78 Å². The molecule has 2 heterocycles. The summed E-state index contributed by atoms with van der Waals surface area (Å²) in [6, 6.07) is 10.4. The number of carbonyl (C=O) groups excluding carboxylic acids is 1. The van der Waals surface area contributed by atoms with E-state index in [0.29, 0.717) is 32.9 Å². The predicted octanol–water partition coefficient (Wildman–Crippen LogP) is 4.90. The zero-order valence-electron chi connectivity index (χ0n) is 12.4. The monoisotopic (exact) mass is 424 g/mol. The molecule has 0 unspecified atom stereocenters. The second-order valence-electron chi connectivity index (χ2n) is 5.00. The van der Waals surface area contributed by atoms with Crippen molar-refractivity contribution in [2.45, 2.75) is 6.92 Å². The fourth-order valence-electron chi connectivity index (χ4n) is 2.10. The molecule has 0 bridgehead atoms. The van der Waals surface area contributed by atoms with Crippen molar-refractivity contribution in [2.24, 2.45) is 0 Å². The highest BCUT2D eigenvalue weighted by Gasteiger charge is 2.15. The molecule has 0 spiro atoms. The fraction of sp³-hybridized carbons (Fsp3) is 0.0625. The van der Waals surface area contributed by atoms with E-state index in [4.69, 9.17) is 23.2 Å². The van der Waals surface area contributed by atoms with E-state index in [1.807, 2.05) is 6.92 Å². The number of nitrogens with zero attached hydrogens (tertiary/aromatic N) is 3. The Morgan fingerprint density at radius 2 is 1.92 bits per heavy atom. The van der Waals surface area contributed by atoms with Crippen LogP contribution in [-0.4, -0.2) is 20.7 Å². The number of aryl methyl sites for hydroxylation is 1. The van der Waals surface area contributed by atoms with Gasteiger partial charge in [-0.05, 0) is 37.3 Å². The highest BCUT2D eigenvalue weighted by Crippen LogP contribution is 2.25. The molecule has 0 aliphatic carbocycles. The highest BCUT2D eigenvalue weighted by atomic mass is 79.9. The van der Waals surface area contributed by atoms with Crippen molar-refractivity contribution < 1.29 is 4.79 Å². The zero-order chi connectivity index (χ0) is 17.3. The van der Waals surface area contributed by atoms with Gasteiger partial charge in [0.15, 0.2) is 5.82 Å². The van der Waals surface area contributed by atoms with Gasteiger partial charge in [-0.3, -0.25) is 4.79 Å². The van der Waals surface area contributed by atoms with E-state index < -0.39 is 0 Å². The van der Waals surface area contributed by atoms with Crippen LogP contribution in [0.1, 0.15) is 16.1 Å². The molecule has 2 aromatic heterocycles. The molecule has 0 aliphatic heterocycles. The van der Waals surface area contributed by atoms with Gasteiger partial charge in [-0.25, -0.2) is 4.98 Å². The molecule has 0 saturated heterocycles. The van der Waals surface area contributed by atoms with Gasteiger partial charge in [-0.1, -0.05) is 39.1 Å². The molecule has 0 atom stereocenters. The van der Waals surface area contributed by atoms with Crippen LogP contribution >= 0.6 is 39.1 Å². The summed E-state index contributed by atoms with van der Waals surface area (Å²) >= 11 is 15.4. The molecule has 3 rings (SSSR count). The molecule has 24 heavy (non-hydrogen) atoms. The predicted molar refractivity (Wildman–Crippen MR) is 98.2 cm³/mol. The molecule has 0 radical (unpaired) electrons. The molecule has 1 aromatic carbocycles. The van der Waals surface area contributed by atoms with Crippen LogP contribution in [0, 0.1) is 6.92 Å². The van der Waals surface area contributed by atoms with Crippen LogP contribution in [0.15, 0.2) is 47.1 Å². The van der Waals surface area contributed by atoms with E-state index >= 15 is 0 Å². The molecule has 1 N–H and O–H groups in total. The Kier molecular flexibility index (Phi) is 4.89. The first-order chi connectivity index (χ1) is 11.4. The number of carbonyl (C=O) groups is 1. The zero-order valence-corrected chi connectivity index (χ0v) is 15.5. The van der Waals surface area contributed by atoms with Gasteiger partial charge < -0.3 is 5.32 Å². The molecule has 0 aliphatic rings. The lowest BCUT2D eigenvalue weighted by Crippen LogP contribution is -2.15. The highest BCUT2D eigenvalue weighted by molar-refractivity contribution is 9.10. The summed E-state index contributed by atoms with van der Waals surface area (Å²) in [5.41, 5.74) is 1.24. The molecule has 0 saturated carbocycles. The van der Waals surface area contributed by atoms with Crippen LogP contribution in [-0.2, 0) is 0 Å². The van der Waals surface area contributed by atoms with Crippen molar-refractivity contribution in [3.63, 3.8) is 0 Å². The van der Waals surface area contributed by atoms with Crippen molar-refractivity contribution in [2.75, 3.05) is 5.32 Å². The Morgan fingerprint density at radius 1 is 1.21 bits per heavy atom. The van der Waals surface area contributed by atoms with Crippen molar-refractivity contribution >= 4 is 50.9 Å². The Morgan fingerprint density at radius 3 is 2.58 bits per heavy atom. The maximum atomic E-state index is 12.4. The fourth-order valence-corrected chi connectivity index (χ4v) is 2.83. The quantitative estimate of drug-likeness (QED) is 0.649. The third-order valence-electron chi connectivity index (χ3n) is 3.17. The van der Waals surface area contributed by atoms with Gasteiger partial charge >= 0.3 is 0 Å². The number of benzene rings is 1. The first-order valence-corrected chi connectivity index (χ1v) is 8.44. The number of hydrogen-bond acceptors (Lipinski definition) is 3. The second-order valence-corrected chi connectivity index (χ2v) is 6.76. The normalized spacial score (nSPS) is 10.7. The van der Waals surface area contributed by atoms with Crippen LogP contribution in [0.25, 0.3) is 5.82 Å². The summed E-state index contributed by atoms with van der Waals surface area (Å²) in [7, 11) is 0. The van der Waals surface area contributed by atoms with Crippen LogP contribution in [0.4, 0.5) is 5.82 Å². The number of halogens is 3. The topological polar surface area (TPSA) is 59.8 Å². The Labute approximate surface area is 156 Å². The Balaban J connectivity index is 1.94. The van der Waals surface area contributed by atoms with E-state index in [1.165, 1.54) is 10.9 Å². The van der Waals surface area contributed by atoms with Crippen LogP contribution in [0.2, 0.25) is 10.0 Å². The number of hydrogen-bond donors (Lipinski definition) is 1. The van der Waals surface area contributed by atoms with Gasteiger partial charge in [0.25, 0.3) is 5.91 Å². The number of amides is 1. The van der Waals surface area contributed by atoms with Gasteiger partial charge in [0.1, 0.15) is 5.82 Å². The Hall–Kier alpha value is -1.89. The van der Waals surface area contributed by atoms with Crippen molar-refractivity contribution in [3.8, 4) is 5.82 Å². The van der Waals surface area contributed by atoms with E-state index in [2.05, 4.69) is 31.3 Å². The third kappa shape index (κ3) is 3.61. The lowest BCUT2D eigenvalue weighted by molar-refractivity contribution is 0.102. The molecule has 8 heteroatoms. The molecule has 5 nitrogen and oxygen atoms in total. The molecular weight excluding hydrogens is 415 g/mol. The molecule has 122 valence electrons. The molecule has 0 fully saturated rings. The second kappa shape index (κ2) is 6.93. The molecular formula is C16H11BrCl2N4O. The largest absolute Gasteiger partial charge is 0.306 e. The maximum Gasteiger partial charge on any atom is 0.256 e. The maximum absolute atomic E-state index is 12.4. The molecule has 3 aromatic rings. The minimum atomic E-state index is -0.256. The SMILES string of the molecule is Cc1cc(NC(=O)c2ccc(Br)cc2)n(-c2ncc(Cl)cc2Cl)n1. The summed E-state index contributed by atoms with van der Waals surface area (Å²) in [5, 5.41) is 7.92. The molecule has 1 amide bonds. The van der Waals surface area contributed by atoms with E-state index in [-0.39, 0.29) is 5.91 Å². The first-order valence-electron chi connectivity index (χ1n) is 6.89. The van der Waals surface area contributed by atoms with Gasteiger partial charge in [0.2, 0.25) is 0 Å². The van der Waals surface area contributed by atoms with Gasteiger partial charge in [0.05, 0.1) is 15.7 Å². The standard InChI is InChI=1S/C16H11BrCl2N4O/c1-9-6-14(21-16(24)10-2-4-11(17)5-3-10)23(22-9)15-13(19)7-12(18)8-20-15/h2-8H,1H3,(H,21,24). The minimum absolute atomic E-state index is 0.256. The average molecular weight is 426 g/mol. The average Bonchev–Trinajstić information content (AvgIpc) is 2.88. The summed E-state index contributed by atoms with van der Waals surface area (Å²) in [4.78, 5) is 16.6. The van der Waals surface area contributed by atoms with Gasteiger partial charge in [-0.15, -0.1) is 0 Å². The van der Waals surface area contributed by atoms with Gasteiger partial charge in [0, 0.05) is 22.3 Å². The lowest BCUT2D eigenvalue weighted by atomic mass is 10.2. The number of aromatic nitrogens is 3. The van der Waals surface area contributed by atoms with Crippen LogP contribution in [0.5, 0.6) is 0 Å². The smallest absolute Gasteiger partial charge is 0.256 e. The minimum Gasteiger partial charge on any atom is -0.306 e. The number of nitrogens with one attached hydrogen (secondary N) is 1. The lowest BCUT2D eigenvalue weighted by Gasteiger charge is -2.09. The number of rotatable bonds is 3. The summed E-state index contributed by atoms with van der Waals surface area (Å²) in [6.45, 7) is 1.82. The number of pyridine rings is 1. The van der Waals surface area contributed by atoms with Crippen LogP contribution < -0.4 is 5.32 Å². The summed E-state index contributed by atoms with van der Waals surface area (Å²) in [6.07, 6.45) is 1.47. The Bertz CT molecular complexity index is 909. The van der Waals surface area contributed by atoms with Crippen molar-refractivity contribution in [1.29, 1.82) is 0 Å². The third-order valence-corrected chi connectivity index (χ3v) is 4.18.